The molecular weight excluding hydrogens is 440 g/mol. The summed E-state index contributed by atoms with van der Waals surface area (Å²) in [7, 11) is 0. The van der Waals surface area contributed by atoms with Gasteiger partial charge in [0.15, 0.2) is 11.5 Å². The van der Waals surface area contributed by atoms with Crippen LogP contribution in [-0.4, -0.2) is 53.9 Å². The van der Waals surface area contributed by atoms with E-state index in [0.717, 1.165) is 26.1 Å². The van der Waals surface area contributed by atoms with Crippen molar-refractivity contribution in [1.29, 1.82) is 0 Å². The summed E-state index contributed by atoms with van der Waals surface area (Å²) in [6.07, 6.45) is 1.44. The van der Waals surface area contributed by atoms with Gasteiger partial charge < -0.3 is 20.3 Å². The third kappa shape index (κ3) is 7.07. The number of likely N-dealkylation sites (tertiary alicyclic amines) is 1. The van der Waals surface area contributed by atoms with Gasteiger partial charge in [0.05, 0.1) is 6.61 Å². The zero-order chi connectivity index (χ0) is 24.5. The molecule has 6 nitrogen and oxygen atoms in total. The second kappa shape index (κ2) is 12.4. The maximum absolute atomic E-state index is 12.9. The van der Waals surface area contributed by atoms with Crippen molar-refractivity contribution < 1.29 is 19.7 Å². The van der Waals surface area contributed by atoms with Gasteiger partial charge in [-0.3, -0.25) is 9.69 Å². The minimum absolute atomic E-state index is 0.00770. The minimum Gasteiger partial charge on any atom is -0.504 e. The van der Waals surface area contributed by atoms with Crippen molar-refractivity contribution in [3.8, 4) is 11.5 Å². The number of phenols is 1. The quantitative estimate of drug-likeness (QED) is 0.368. The lowest BCUT2D eigenvalue weighted by molar-refractivity contribution is 0.0944. The summed E-state index contributed by atoms with van der Waals surface area (Å²) in [5.74, 6) is 0.827. The molecule has 3 aromatic rings. The van der Waals surface area contributed by atoms with Crippen molar-refractivity contribution in [2.75, 3.05) is 32.8 Å². The smallest absolute Gasteiger partial charge is 0.251 e. The van der Waals surface area contributed by atoms with Crippen LogP contribution in [0.4, 0.5) is 0 Å². The Kier molecular flexibility index (Phi) is 8.76. The number of carbonyl (C=O) groups is 1. The van der Waals surface area contributed by atoms with E-state index in [9.17, 15) is 9.90 Å². The SMILES string of the molecule is O=C(NCC1CN(Cc2ccccc2)CC1Cc1ccccc1)c1ccc(O)c(OCCCO)c1. The van der Waals surface area contributed by atoms with Crippen LogP contribution in [0.5, 0.6) is 11.5 Å². The van der Waals surface area contributed by atoms with E-state index in [2.05, 4.69) is 58.7 Å². The van der Waals surface area contributed by atoms with E-state index >= 15 is 0 Å². The highest BCUT2D eigenvalue weighted by atomic mass is 16.5. The van der Waals surface area contributed by atoms with Crippen LogP contribution in [0, 0.1) is 11.8 Å². The molecule has 2 atom stereocenters. The number of phenolic OH excluding ortho intramolecular Hbond substituents is 1. The number of amides is 1. The first-order chi connectivity index (χ1) is 17.1. The fraction of sp³-hybridized carbons (Fsp3) is 0.345. The van der Waals surface area contributed by atoms with Gasteiger partial charge in [-0.2, -0.15) is 0 Å². The van der Waals surface area contributed by atoms with Crippen LogP contribution < -0.4 is 10.1 Å². The van der Waals surface area contributed by atoms with Gasteiger partial charge in [-0.15, -0.1) is 0 Å². The highest BCUT2D eigenvalue weighted by Gasteiger charge is 2.33. The largest absolute Gasteiger partial charge is 0.504 e. The molecule has 6 heteroatoms. The van der Waals surface area contributed by atoms with Crippen molar-refractivity contribution in [3.05, 3.63) is 95.6 Å². The molecule has 1 amide bonds. The van der Waals surface area contributed by atoms with Gasteiger partial charge in [0.25, 0.3) is 5.91 Å². The molecule has 1 saturated heterocycles. The van der Waals surface area contributed by atoms with Crippen molar-refractivity contribution >= 4 is 5.91 Å². The summed E-state index contributed by atoms with van der Waals surface area (Å²) in [6, 6.07) is 25.7. The molecule has 0 aliphatic carbocycles. The van der Waals surface area contributed by atoms with Gasteiger partial charge in [-0.1, -0.05) is 60.7 Å². The normalized spacial score (nSPS) is 17.9. The Balaban J connectivity index is 1.40. The molecule has 184 valence electrons. The monoisotopic (exact) mass is 474 g/mol. The molecule has 0 saturated carbocycles. The Morgan fingerprint density at radius 3 is 2.34 bits per heavy atom. The van der Waals surface area contributed by atoms with E-state index in [1.54, 1.807) is 12.1 Å². The van der Waals surface area contributed by atoms with Gasteiger partial charge in [0, 0.05) is 44.8 Å². The molecule has 3 N–H and O–H groups in total. The average Bonchev–Trinajstić information content (AvgIpc) is 3.25. The van der Waals surface area contributed by atoms with E-state index < -0.39 is 0 Å². The van der Waals surface area contributed by atoms with Crippen molar-refractivity contribution in [3.63, 3.8) is 0 Å². The van der Waals surface area contributed by atoms with Gasteiger partial charge in [-0.25, -0.2) is 0 Å². The van der Waals surface area contributed by atoms with Gasteiger partial charge >= 0.3 is 0 Å². The number of carbonyl (C=O) groups excluding carboxylic acids is 1. The van der Waals surface area contributed by atoms with E-state index in [-0.39, 0.29) is 30.6 Å². The molecule has 0 bridgehead atoms. The lowest BCUT2D eigenvalue weighted by Gasteiger charge is -2.19. The van der Waals surface area contributed by atoms with Crippen molar-refractivity contribution in [1.82, 2.24) is 10.2 Å². The van der Waals surface area contributed by atoms with Crippen LogP contribution in [0.1, 0.15) is 27.9 Å². The molecule has 3 aromatic carbocycles. The van der Waals surface area contributed by atoms with Crippen LogP contribution in [0.2, 0.25) is 0 Å². The van der Waals surface area contributed by atoms with Gasteiger partial charge in [-0.05, 0) is 47.6 Å². The first-order valence-electron chi connectivity index (χ1n) is 12.3. The molecule has 1 aliphatic rings. The first-order valence-corrected chi connectivity index (χ1v) is 12.3. The standard InChI is InChI=1S/C29H34N2O4/c32-14-7-15-35-28-17-24(12-13-27(28)33)29(34)30-18-26-21-31(19-23-10-5-2-6-11-23)20-25(26)16-22-8-3-1-4-9-22/h1-6,8-13,17,25-26,32-33H,7,14-16,18-21H2,(H,30,34). The van der Waals surface area contributed by atoms with Crippen molar-refractivity contribution in [2.45, 2.75) is 19.4 Å². The number of benzene rings is 3. The maximum Gasteiger partial charge on any atom is 0.251 e. The predicted molar refractivity (Wildman–Crippen MR) is 136 cm³/mol. The third-order valence-corrected chi connectivity index (χ3v) is 6.55. The molecule has 35 heavy (non-hydrogen) atoms. The van der Waals surface area contributed by atoms with Crippen LogP contribution in [-0.2, 0) is 13.0 Å². The molecule has 1 aliphatic heterocycles. The Bertz CT molecular complexity index is 1070. The highest BCUT2D eigenvalue weighted by Crippen LogP contribution is 2.29. The molecular formula is C29H34N2O4. The van der Waals surface area contributed by atoms with E-state index in [0.29, 0.717) is 30.4 Å². The Morgan fingerprint density at radius 1 is 0.943 bits per heavy atom. The molecule has 1 heterocycles. The van der Waals surface area contributed by atoms with Crippen LogP contribution >= 0.6 is 0 Å². The number of nitrogens with one attached hydrogen (secondary N) is 1. The summed E-state index contributed by atoms with van der Waals surface area (Å²) in [6.45, 7) is 3.69. The lowest BCUT2D eigenvalue weighted by Crippen LogP contribution is -2.33. The number of hydrogen-bond acceptors (Lipinski definition) is 5. The molecule has 2 unspecified atom stereocenters. The summed E-state index contributed by atoms with van der Waals surface area (Å²) in [4.78, 5) is 15.4. The fourth-order valence-corrected chi connectivity index (χ4v) is 4.73. The summed E-state index contributed by atoms with van der Waals surface area (Å²) in [5.41, 5.74) is 3.06. The molecule has 0 spiro atoms. The zero-order valence-electron chi connectivity index (χ0n) is 20.0. The number of aliphatic hydroxyl groups excluding tert-OH is 1. The maximum atomic E-state index is 12.9. The fourth-order valence-electron chi connectivity index (χ4n) is 4.73. The van der Waals surface area contributed by atoms with Gasteiger partial charge in [0.2, 0.25) is 0 Å². The lowest BCUT2D eigenvalue weighted by atomic mass is 9.89. The predicted octanol–water partition coefficient (Wildman–Crippen LogP) is 3.87. The highest BCUT2D eigenvalue weighted by molar-refractivity contribution is 5.94. The Morgan fingerprint density at radius 2 is 1.63 bits per heavy atom. The van der Waals surface area contributed by atoms with Crippen LogP contribution in [0.3, 0.4) is 0 Å². The van der Waals surface area contributed by atoms with E-state index in [1.807, 2.05) is 12.1 Å². The molecule has 1 fully saturated rings. The van der Waals surface area contributed by atoms with Crippen LogP contribution in [0.15, 0.2) is 78.9 Å². The first kappa shape index (κ1) is 24.8. The molecule has 0 radical (unpaired) electrons. The van der Waals surface area contributed by atoms with Crippen LogP contribution in [0.25, 0.3) is 0 Å². The average molecular weight is 475 g/mol. The third-order valence-electron chi connectivity index (χ3n) is 6.55. The second-order valence-corrected chi connectivity index (χ2v) is 9.21. The molecule has 4 rings (SSSR count). The Labute approximate surface area is 207 Å². The zero-order valence-corrected chi connectivity index (χ0v) is 20.0. The Hall–Kier alpha value is -3.35. The second-order valence-electron chi connectivity index (χ2n) is 9.21. The number of ether oxygens (including phenoxy) is 1. The number of rotatable bonds is 11. The number of nitrogens with zero attached hydrogens (tertiary/aromatic N) is 1. The summed E-state index contributed by atoms with van der Waals surface area (Å²) in [5, 5.41) is 22.1. The van der Waals surface area contributed by atoms with Gasteiger partial charge in [0.1, 0.15) is 0 Å². The molecule has 0 aromatic heterocycles. The van der Waals surface area contributed by atoms with E-state index in [1.165, 1.54) is 17.2 Å². The number of aromatic hydroxyl groups is 1. The van der Waals surface area contributed by atoms with Crippen molar-refractivity contribution in [2.24, 2.45) is 11.8 Å². The summed E-state index contributed by atoms with van der Waals surface area (Å²) < 4.78 is 5.50. The summed E-state index contributed by atoms with van der Waals surface area (Å²) >= 11 is 0. The van der Waals surface area contributed by atoms with E-state index in [4.69, 9.17) is 9.84 Å². The number of aliphatic hydroxyl groups is 1. The number of hydrogen-bond donors (Lipinski definition) is 3. The topological polar surface area (TPSA) is 82.0 Å². The minimum atomic E-state index is -0.183.